The first-order valence-corrected chi connectivity index (χ1v) is 10.2. The molecule has 2 aromatic rings. The van der Waals surface area contributed by atoms with Crippen LogP contribution in [0.3, 0.4) is 0 Å². The van der Waals surface area contributed by atoms with Crippen molar-refractivity contribution in [1.82, 2.24) is 25.4 Å². The zero-order valence-electron chi connectivity index (χ0n) is 17.1. The molecule has 0 saturated heterocycles. The number of nitrogens with one attached hydrogen (secondary N) is 2. The van der Waals surface area contributed by atoms with Crippen molar-refractivity contribution < 1.29 is 0 Å². The summed E-state index contributed by atoms with van der Waals surface area (Å²) >= 11 is 0. The van der Waals surface area contributed by atoms with Crippen LogP contribution in [0.15, 0.2) is 41.8 Å². The van der Waals surface area contributed by atoms with Crippen molar-refractivity contribution >= 4 is 29.9 Å². The third-order valence-electron chi connectivity index (χ3n) is 5.37. The van der Waals surface area contributed by atoms with E-state index in [1.807, 2.05) is 30.6 Å². The van der Waals surface area contributed by atoms with Crippen LogP contribution in [0.1, 0.15) is 52.0 Å². The molecule has 1 saturated carbocycles. The number of hydrogen-bond donors (Lipinski definition) is 2. The molecule has 0 spiro atoms. The Hall–Kier alpha value is -1.64. The molecule has 3 rings (SSSR count). The molecule has 6 nitrogen and oxygen atoms in total. The summed E-state index contributed by atoms with van der Waals surface area (Å²) in [6.07, 6.45) is 10.5. The Labute approximate surface area is 185 Å². The number of guanidine groups is 1. The van der Waals surface area contributed by atoms with Crippen LogP contribution in [0, 0.1) is 11.8 Å². The van der Waals surface area contributed by atoms with E-state index in [4.69, 9.17) is 4.99 Å². The third-order valence-corrected chi connectivity index (χ3v) is 5.37. The van der Waals surface area contributed by atoms with E-state index in [9.17, 15) is 0 Å². The standard InChI is InChI=1S/C21H32N6.HI/c1-4-22-21(26-19-8-6-18(7-9-19)16(2)3)24-15-17-10-12-23-20(14-17)27-13-5-11-25-27;/h5,10-14,16,18-19H,4,6-9,15H2,1-3H3,(H2,22,24,26);1H. The lowest BCUT2D eigenvalue weighted by Gasteiger charge is -2.32. The van der Waals surface area contributed by atoms with E-state index in [1.54, 1.807) is 10.9 Å². The van der Waals surface area contributed by atoms with Crippen LogP contribution >= 0.6 is 24.0 Å². The highest BCUT2D eigenvalue weighted by atomic mass is 127. The lowest BCUT2D eigenvalue weighted by atomic mass is 9.80. The molecular weight excluding hydrogens is 463 g/mol. The number of halogens is 1. The summed E-state index contributed by atoms with van der Waals surface area (Å²) in [6, 6.07) is 6.46. The predicted octanol–water partition coefficient (Wildman–Crippen LogP) is 4.16. The van der Waals surface area contributed by atoms with Crippen LogP contribution < -0.4 is 10.6 Å². The van der Waals surface area contributed by atoms with Crippen molar-refractivity contribution in [2.45, 2.75) is 59.0 Å². The quantitative estimate of drug-likeness (QED) is 0.358. The van der Waals surface area contributed by atoms with E-state index in [0.717, 1.165) is 35.7 Å². The smallest absolute Gasteiger partial charge is 0.191 e. The molecule has 2 aromatic heterocycles. The molecule has 0 aromatic carbocycles. The van der Waals surface area contributed by atoms with Gasteiger partial charge in [-0.2, -0.15) is 5.10 Å². The number of aliphatic imine (C=N–C) groups is 1. The summed E-state index contributed by atoms with van der Waals surface area (Å²) in [4.78, 5) is 9.17. The second-order valence-electron chi connectivity index (χ2n) is 7.67. The maximum atomic E-state index is 4.79. The van der Waals surface area contributed by atoms with Gasteiger partial charge in [0.1, 0.15) is 0 Å². The van der Waals surface area contributed by atoms with Gasteiger partial charge in [-0.15, -0.1) is 24.0 Å². The number of rotatable bonds is 6. The van der Waals surface area contributed by atoms with Gasteiger partial charge in [0.2, 0.25) is 0 Å². The summed E-state index contributed by atoms with van der Waals surface area (Å²) in [5.74, 6) is 3.39. The first kappa shape index (κ1) is 22.6. The molecule has 0 unspecified atom stereocenters. The lowest BCUT2D eigenvalue weighted by molar-refractivity contribution is 0.250. The molecule has 1 aliphatic carbocycles. The fourth-order valence-electron chi connectivity index (χ4n) is 3.70. The van der Waals surface area contributed by atoms with E-state index in [1.165, 1.54) is 25.7 Å². The lowest BCUT2D eigenvalue weighted by Crippen LogP contribution is -2.45. The molecule has 2 heterocycles. The molecule has 154 valence electrons. The summed E-state index contributed by atoms with van der Waals surface area (Å²) in [5.41, 5.74) is 1.12. The van der Waals surface area contributed by atoms with Crippen LogP contribution in [-0.4, -0.2) is 33.3 Å². The van der Waals surface area contributed by atoms with E-state index in [2.05, 4.69) is 41.5 Å². The van der Waals surface area contributed by atoms with Crippen molar-refractivity contribution in [1.29, 1.82) is 0 Å². The van der Waals surface area contributed by atoms with Crippen molar-refractivity contribution in [3.8, 4) is 5.82 Å². The van der Waals surface area contributed by atoms with Crippen molar-refractivity contribution in [3.63, 3.8) is 0 Å². The molecule has 1 fully saturated rings. The van der Waals surface area contributed by atoms with E-state index in [0.29, 0.717) is 12.6 Å². The van der Waals surface area contributed by atoms with Gasteiger partial charge in [-0.3, -0.25) is 0 Å². The third kappa shape index (κ3) is 6.46. The van der Waals surface area contributed by atoms with Crippen LogP contribution in [-0.2, 0) is 6.54 Å². The maximum Gasteiger partial charge on any atom is 0.191 e. The van der Waals surface area contributed by atoms with Gasteiger partial charge >= 0.3 is 0 Å². The molecule has 1 aliphatic rings. The van der Waals surface area contributed by atoms with Gasteiger partial charge in [0.25, 0.3) is 0 Å². The molecule has 7 heteroatoms. The van der Waals surface area contributed by atoms with Crippen LogP contribution in [0.5, 0.6) is 0 Å². The first-order chi connectivity index (χ1) is 13.2. The number of hydrogen-bond acceptors (Lipinski definition) is 3. The first-order valence-electron chi connectivity index (χ1n) is 10.2. The SMILES string of the molecule is CCNC(=NCc1ccnc(-n2cccn2)c1)NC1CCC(C(C)C)CC1.I. The number of pyridine rings is 1. The fourth-order valence-corrected chi connectivity index (χ4v) is 3.70. The average molecular weight is 496 g/mol. The van der Waals surface area contributed by atoms with Gasteiger partial charge in [-0.25, -0.2) is 14.7 Å². The second-order valence-corrected chi connectivity index (χ2v) is 7.67. The average Bonchev–Trinajstić information content (AvgIpc) is 3.22. The zero-order valence-corrected chi connectivity index (χ0v) is 19.5. The summed E-state index contributed by atoms with van der Waals surface area (Å²) in [6.45, 7) is 8.27. The highest BCUT2D eigenvalue weighted by Gasteiger charge is 2.23. The molecule has 0 radical (unpaired) electrons. The van der Waals surface area contributed by atoms with Crippen molar-refractivity contribution in [2.24, 2.45) is 16.8 Å². The highest BCUT2D eigenvalue weighted by molar-refractivity contribution is 14.0. The molecule has 28 heavy (non-hydrogen) atoms. The molecule has 0 amide bonds. The van der Waals surface area contributed by atoms with E-state index in [-0.39, 0.29) is 24.0 Å². The monoisotopic (exact) mass is 496 g/mol. The summed E-state index contributed by atoms with van der Waals surface area (Å²) in [7, 11) is 0. The Morgan fingerprint density at radius 1 is 1.25 bits per heavy atom. The topological polar surface area (TPSA) is 67.1 Å². The Balaban J connectivity index is 0.00000280. The molecular formula is C21H33IN6. The van der Waals surface area contributed by atoms with Gasteiger partial charge in [0.15, 0.2) is 11.8 Å². The van der Waals surface area contributed by atoms with Crippen LogP contribution in [0.2, 0.25) is 0 Å². The number of aromatic nitrogens is 3. The Morgan fingerprint density at radius 2 is 2.04 bits per heavy atom. The van der Waals surface area contributed by atoms with Gasteiger partial charge in [-0.1, -0.05) is 13.8 Å². The zero-order chi connectivity index (χ0) is 19.1. The minimum absolute atomic E-state index is 0. The summed E-state index contributed by atoms with van der Waals surface area (Å²) in [5, 5.41) is 11.3. The van der Waals surface area contributed by atoms with E-state index < -0.39 is 0 Å². The Morgan fingerprint density at radius 3 is 2.68 bits per heavy atom. The second kappa shape index (κ2) is 11.4. The van der Waals surface area contributed by atoms with E-state index >= 15 is 0 Å². The number of nitrogens with zero attached hydrogens (tertiary/aromatic N) is 4. The van der Waals surface area contributed by atoms with Crippen molar-refractivity contribution in [3.05, 3.63) is 42.4 Å². The molecule has 0 bridgehead atoms. The largest absolute Gasteiger partial charge is 0.357 e. The van der Waals surface area contributed by atoms with Gasteiger partial charge in [-0.05, 0) is 68.2 Å². The Kier molecular flexibility index (Phi) is 9.21. The minimum Gasteiger partial charge on any atom is -0.357 e. The van der Waals surface area contributed by atoms with Crippen LogP contribution in [0.4, 0.5) is 0 Å². The highest BCUT2D eigenvalue weighted by Crippen LogP contribution is 2.29. The normalized spacial score (nSPS) is 19.9. The molecule has 0 atom stereocenters. The van der Waals surface area contributed by atoms with Gasteiger partial charge in [0, 0.05) is 31.2 Å². The fraction of sp³-hybridized carbons (Fsp3) is 0.571. The van der Waals surface area contributed by atoms with Crippen molar-refractivity contribution in [2.75, 3.05) is 6.54 Å². The maximum absolute atomic E-state index is 4.79. The van der Waals surface area contributed by atoms with Gasteiger partial charge < -0.3 is 10.6 Å². The molecule has 2 N–H and O–H groups in total. The predicted molar refractivity (Wildman–Crippen MR) is 125 cm³/mol. The summed E-state index contributed by atoms with van der Waals surface area (Å²) < 4.78 is 1.77. The van der Waals surface area contributed by atoms with Gasteiger partial charge in [0.05, 0.1) is 6.54 Å². The Bertz CT molecular complexity index is 720. The molecule has 0 aliphatic heterocycles. The van der Waals surface area contributed by atoms with Crippen LogP contribution in [0.25, 0.3) is 5.82 Å². The minimum atomic E-state index is 0.